The van der Waals surface area contributed by atoms with E-state index in [1.165, 1.54) is 5.56 Å². The van der Waals surface area contributed by atoms with Crippen molar-refractivity contribution in [2.45, 2.75) is 33.9 Å². The van der Waals surface area contributed by atoms with Crippen LogP contribution in [0.15, 0.2) is 16.7 Å². The fourth-order valence-corrected chi connectivity index (χ4v) is 1.88. The van der Waals surface area contributed by atoms with Crippen LogP contribution in [0.25, 0.3) is 0 Å². The van der Waals surface area contributed by atoms with Gasteiger partial charge in [0.1, 0.15) is 5.76 Å². The van der Waals surface area contributed by atoms with E-state index in [9.17, 15) is 0 Å². The highest BCUT2D eigenvalue weighted by molar-refractivity contribution is 5.16. The van der Waals surface area contributed by atoms with Crippen molar-refractivity contribution >= 4 is 0 Å². The standard InChI is InChI=1S/C13H24N2O/c1-5-14-8-13-12(6-7-16-13)10-15(4)9-11(2)3/h6-7,11,14H,5,8-10H2,1-4H3. The third-order valence-electron chi connectivity index (χ3n) is 2.49. The Morgan fingerprint density at radius 2 is 2.19 bits per heavy atom. The Balaban J connectivity index is 2.49. The minimum atomic E-state index is 0.703. The summed E-state index contributed by atoms with van der Waals surface area (Å²) in [6.45, 7) is 10.5. The van der Waals surface area contributed by atoms with Gasteiger partial charge in [0, 0.05) is 18.7 Å². The molecule has 1 heterocycles. The van der Waals surface area contributed by atoms with Gasteiger partial charge in [-0.15, -0.1) is 0 Å². The van der Waals surface area contributed by atoms with Crippen LogP contribution in [0, 0.1) is 5.92 Å². The molecule has 1 aromatic heterocycles. The molecule has 0 unspecified atom stereocenters. The van der Waals surface area contributed by atoms with Gasteiger partial charge in [0.2, 0.25) is 0 Å². The first-order valence-corrected chi connectivity index (χ1v) is 6.08. The van der Waals surface area contributed by atoms with E-state index in [0.717, 1.165) is 31.9 Å². The fraction of sp³-hybridized carbons (Fsp3) is 0.692. The van der Waals surface area contributed by atoms with Crippen LogP contribution in [0.1, 0.15) is 32.1 Å². The van der Waals surface area contributed by atoms with E-state index in [2.05, 4.69) is 44.1 Å². The summed E-state index contributed by atoms with van der Waals surface area (Å²) < 4.78 is 5.48. The maximum atomic E-state index is 5.48. The van der Waals surface area contributed by atoms with Crippen LogP contribution in [0.4, 0.5) is 0 Å². The number of hydrogen-bond donors (Lipinski definition) is 1. The molecule has 3 heteroatoms. The topological polar surface area (TPSA) is 28.4 Å². The molecule has 3 nitrogen and oxygen atoms in total. The molecule has 0 amide bonds. The highest BCUT2D eigenvalue weighted by Gasteiger charge is 2.09. The van der Waals surface area contributed by atoms with Gasteiger partial charge in [-0.25, -0.2) is 0 Å². The van der Waals surface area contributed by atoms with Crippen LogP contribution in [-0.2, 0) is 13.1 Å². The first-order valence-electron chi connectivity index (χ1n) is 6.08. The average Bonchev–Trinajstić information content (AvgIpc) is 2.61. The van der Waals surface area contributed by atoms with Gasteiger partial charge < -0.3 is 14.6 Å². The van der Waals surface area contributed by atoms with Gasteiger partial charge in [0.05, 0.1) is 12.8 Å². The van der Waals surface area contributed by atoms with Crippen molar-refractivity contribution in [1.82, 2.24) is 10.2 Å². The Morgan fingerprint density at radius 1 is 1.44 bits per heavy atom. The molecule has 1 aromatic rings. The molecule has 0 bridgehead atoms. The van der Waals surface area contributed by atoms with Crippen LogP contribution >= 0.6 is 0 Å². The summed E-state index contributed by atoms with van der Waals surface area (Å²) in [5, 5.41) is 3.29. The maximum Gasteiger partial charge on any atom is 0.122 e. The molecule has 16 heavy (non-hydrogen) atoms. The van der Waals surface area contributed by atoms with Crippen LogP contribution in [0.5, 0.6) is 0 Å². The summed E-state index contributed by atoms with van der Waals surface area (Å²) in [5.41, 5.74) is 1.30. The number of furan rings is 1. The number of hydrogen-bond acceptors (Lipinski definition) is 3. The smallest absolute Gasteiger partial charge is 0.122 e. The second kappa shape index (κ2) is 6.71. The fourth-order valence-electron chi connectivity index (χ4n) is 1.88. The zero-order chi connectivity index (χ0) is 12.0. The Bertz CT molecular complexity index is 294. The lowest BCUT2D eigenvalue weighted by atomic mass is 10.2. The van der Waals surface area contributed by atoms with Crippen LogP contribution in [-0.4, -0.2) is 25.0 Å². The Labute approximate surface area is 98.8 Å². The SMILES string of the molecule is CCNCc1occc1CN(C)CC(C)C. The summed E-state index contributed by atoms with van der Waals surface area (Å²) in [6, 6.07) is 2.07. The molecular formula is C13H24N2O. The highest BCUT2D eigenvalue weighted by Crippen LogP contribution is 2.13. The van der Waals surface area contributed by atoms with E-state index < -0.39 is 0 Å². The second-order valence-electron chi connectivity index (χ2n) is 4.74. The van der Waals surface area contributed by atoms with Gasteiger partial charge in [-0.05, 0) is 25.6 Å². The number of nitrogens with one attached hydrogen (secondary N) is 1. The van der Waals surface area contributed by atoms with Crippen molar-refractivity contribution in [2.24, 2.45) is 5.92 Å². The molecule has 0 fully saturated rings. The van der Waals surface area contributed by atoms with E-state index >= 15 is 0 Å². The normalized spacial score (nSPS) is 11.6. The largest absolute Gasteiger partial charge is 0.468 e. The van der Waals surface area contributed by atoms with E-state index in [0.29, 0.717) is 5.92 Å². The monoisotopic (exact) mass is 224 g/mol. The lowest BCUT2D eigenvalue weighted by Gasteiger charge is -2.18. The first kappa shape index (κ1) is 13.3. The third kappa shape index (κ3) is 4.37. The number of nitrogens with zero attached hydrogens (tertiary/aromatic N) is 1. The van der Waals surface area contributed by atoms with Gasteiger partial charge in [0.15, 0.2) is 0 Å². The van der Waals surface area contributed by atoms with Gasteiger partial charge in [-0.3, -0.25) is 0 Å². The summed E-state index contributed by atoms with van der Waals surface area (Å²) >= 11 is 0. The van der Waals surface area contributed by atoms with Crippen LogP contribution in [0.2, 0.25) is 0 Å². The van der Waals surface area contributed by atoms with Crippen molar-refractivity contribution < 1.29 is 4.42 Å². The molecule has 92 valence electrons. The molecule has 0 aromatic carbocycles. The van der Waals surface area contributed by atoms with Gasteiger partial charge >= 0.3 is 0 Å². The zero-order valence-electron chi connectivity index (χ0n) is 10.9. The van der Waals surface area contributed by atoms with Crippen LogP contribution in [0.3, 0.4) is 0 Å². The van der Waals surface area contributed by atoms with Gasteiger partial charge in [0.25, 0.3) is 0 Å². The average molecular weight is 224 g/mol. The predicted molar refractivity (Wildman–Crippen MR) is 67.3 cm³/mol. The zero-order valence-corrected chi connectivity index (χ0v) is 10.9. The lowest BCUT2D eigenvalue weighted by Crippen LogP contribution is -2.23. The second-order valence-corrected chi connectivity index (χ2v) is 4.74. The van der Waals surface area contributed by atoms with E-state index in [1.807, 2.05) is 0 Å². The molecule has 0 atom stereocenters. The van der Waals surface area contributed by atoms with Crippen molar-refractivity contribution in [3.8, 4) is 0 Å². The summed E-state index contributed by atoms with van der Waals surface area (Å²) in [5.74, 6) is 1.77. The number of rotatable bonds is 7. The Hall–Kier alpha value is -0.800. The van der Waals surface area contributed by atoms with Crippen molar-refractivity contribution in [3.63, 3.8) is 0 Å². The van der Waals surface area contributed by atoms with E-state index in [1.54, 1.807) is 6.26 Å². The molecule has 1 rings (SSSR count). The van der Waals surface area contributed by atoms with Gasteiger partial charge in [-0.2, -0.15) is 0 Å². The summed E-state index contributed by atoms with van der Waals surface area (Å²) in [6.07, 6.45) is 1.78. The molecule has 0 radical (unpaired) electrons. The van der Waals surface area contributed by atoms with Gasteiger partial charge in [-0.1, -0.05) is 20.8 Å². The molecule has 0 saturated heterocycles. The quantitative estimate of drug-likeness (QED) is 0.771. The first-order chi connectivity index (χ1) is 7.63. The summed E-state index contributed by atoms with van der Waals surface area (Å²) in [7, 11) is 2.16. The lowest BCUT2D eigenvalue weighted by molar-refractivity contribution is 0.285. The summed E-state index contributed by atoms with van der Waals surface area (Å²) in [4.78, 5) is 2.34. The maximum absolute atomic E-state index is 5.48. The molecule has 0 aliphatic carbocycles. The molecule has 0 aliphatic heterocycles. The Morgan fingerprint density at radius 3 is 2.81 bits per heavy atom. The Kier molecular flexibility index (Phi) is 5.56. The van der Waals surface area contributed by atoms with Crippen molar-refractivity contribution in [1.29, 1.82) is 0 Å². The van der Waals surface area contributed by atoms with Crippen molar-refractivity contribution in [2.75, 3.05) is 20.1 Å². The molecule has 0 saturated carbocycles. The van der Waals surface area contributed by atoms with Crippen molar-refractivity contribution in [3.05, 3.63) is 23.7 Å². The molecule has 1 N–H and O–H groups in total. The van der Waals surface area contributed by atoms with Crippen LogP contribution < -0.4 is 5.32 Å². The minimum absolute atomic E-state index is 0.703. The van der Waals surface area contributed by atoms with E-state index in [-0.39, 0.29) is 0 Å². The molecule has 0 aliphatic rings. The van der Waals surface area contributed by atoms with E-state index in [4.69, 9.17) is 4.42 Å². The predicted octanol–water partition coefficient (Wildman–Crippen LogP) is 2.48. The highest BCUT2D eigenvalue weighted by atomic mass is 16.3. The minimum Gasteiger partial charge on any atom is -0.468 e. The third-order valence-corrected chi connectivity index (χ3v) is 2.49. The molecule has 0 spiro atoms. The molecular weight excluding hydrogens is 200 g/mol.